The Morgan fingerprint density at radius 3 is 2.75 bits per heavy atom. The molecule has 2 unspecified atom stereocenters. The molecular formula is C6H6Br2O4. The summed E-state index contributed by atoms with van der Waals surface area (Å²) in [6.07, 6.45) is 1.40. The number of ether oxygens (including phenoxy) is 2. The van der Waals surface area contributed by atoms with Crippen molar-refractivity contribution >= 4 is 37.8 Å². The van der Waals surface area contributed by atoms with Gasteiger partial charge in [0.25, 0.3) is 0 Å². The maximum absolute atomic E-state index is 10.5. The Bertz CT molecular complexity index is 216. The Morgan fingerprint density at radius 1 is 1.67 bits per heavy atom. The molecular weight excluding hydrogens is 296 g/mol. The zero-order valence-electron chi connectivity index (χ0n) is 5.87. The third kappa shape index (κ3) is 2.13. The number of carboxylic acids is 1. The number of hydrogen-bond donors (Lipinski definition) is 1. The molecule has 0 spiro atoms. The fraction of sp³-hybridized carbons (Fsp3) is 0.500. The second-order valence-electron chi connectivity index (χ2n) is 2.09. The first-order chi connectivity index (χ1) is 5.63. The molecule has 1 rings (SSSR count). The molecule has 0 bridgehead atoms. The van der Waals surface area contributed by atoms with Crippen molar-refractivity contribution in [2.75, 3.05) is 6.79 Å². The molecule has 0 aromatic rings. The molecule has 0 aromatic carbocycles. The second kappa shape index (κ2) is 4.13. The number of carboxylic acid groups (broad SMARTS) is 1. The number of alkyl halides is 2. The van der Waals surface area contributed by atoms with Crippen molar-refractivity contribution in [1.82, 2.24) is 0 Å². The van der Waals surface area contributed by atoms with Gasteiger partial charge in [-0.05, 0) is 0 Å². The molecule has 1 N–H and O–H groups in total. The molecule has 0 saturated carbocycles. The highest BCUT2D eigenvalue weighted by Crippen LogP contribution is 2.25. The lowest BCUT2D eigenvalue weighted by Gasteiger charge is -2.11. The van der Waals surface area contributed by atoms with Gasteiger partial charge in [-0.3, -0.25) is 4.79 Å². The molecule has 2 atom stereocenters. The molecule has 1 heterocycles. The predicted octanol–water partition coefficient (Wildman–Crippen LogP) is 1.44. The van der Waals surface area contributed by atoms with E-state index in [-0.39, 0.29) is 6.79 Å². The zero-order valence-corrected chi connectivity index (χ0v) is 9.04. The summed E-state index contributed by atoms with van der Waals surface area (Å²) >= 11 is 6.16. The van der Waals surface area contributed by atoms with Crippen LogP contribution in [0.3, 0.4) is 0 Å². The van der Waals surface area contributed by atoms with Crippen LogP contribution in [0, 0.1) is 0 Å². The van der Waals surface area contributed by atoms with Crippen LogP contribution in [0.4, 0.5) is 0 Å². The molecule has 68 valence electrons. The maximum atomic E-state index is 10.5. The van der Waals surface area contributed by atoms with E-state index in [4.69, 9.17) is 14.6 Å². The van der Waals surface area contributed by atoms with Crippen LogP contribution in [-0.2, 0) is 14.3 Å². The largest absolute Gasteiger partial charge is 0.480 e. The summed E-state index contributed by atoms with van der Waals surface area (Å²) in [5, 5.41) is 8.61. The van der Waals surface area contributed by atoms with Crippen molar-refractivity contribution in [2.24, 2.45) is 0 Å². The second-order valence-corrected chi connectivity index (χ2v) is 4.06. The van der Waals surface area contributed by atoms with Crippen LogP contribution >= 0.6 is 31.9 Å². The normalized spacial score (nSPS) is 20.3. The van der Waals surface area contributed by atoms with Crippen LogP contribution in [0.25, 0.3) is 0 Å². The molecule has 0 amide bonds. The Hall–Kier alpha value is -0.230. The Morgan fingerprint density at radius 2 is 2.33 bits per heavy atom. The minimum Gasteiger partial charge on any atom is -0.480 e. The average molecular weight is 302 g/mol. The number of rotatable bonds is 3. The van der Waals surface area contributed by atoms with Gasteiger partial charge in [-0.15, -0.1) is 0 Å². The lowest BCUT2D eigenvalue weighted by atomic mass is 10.3. The van der Waals surface area contributed by atoms with Crippen molar-refractivity contribution in [1.29, 1.82) is 0 Å². The zero-order chi connectivity index (χ0) is 9.14. The minimum atomic E-state index is -0.951. The maximum Gasteiger partial charge on any atom is 0.318 e. The van der Waals surface area contributed by atoms with Crippen LogP contribution in [0.5, 0.6) is 0 Å². The first-order valence-electron chi connectivity index (χ1n) is 3.08. The van der Waals surface area contributed by atoms with Crippen molar-refractivity contribution in [2.45, 2.75) is 9.65 Å². The van der Waals surface area contributed by atoms with Gasteiger partial charge in [-0.2, -0.15) is 0 Å². The van der Waals surface area contributed by atoms with Gasteiger partial charge in [0.1, 0.15) is 11.1 Å². The van der Waals surface area contributed by atoms with E-state index < -0.39 is 15.6 Å². The van der Waals surface area contributed by atoms with Crippen LogP contribution in [0.2, 0.25) is 0 Å². The number of halogens is 2. The summed E-state index contributed by atoms with van der Waals surface area (Å²) < 4.78 is 9.76. The van der Waals surface area contributed by atoms with Gasteiger partial charge in [0, 0.05) is 0 Å². The third-order valence-corrected chi connectivity index (χ3v) is 3.87. The van der Waals surface area contributed by atoms with E-state index in [9.17, 15) is 4.79 Å². The van der Waals surface area contributed by atoms with E-state index >= 15 is 0 Å². The van der Waals surface area contributed by atoms with E-state index in [1.54, 1.807) is 0 Å². The number of carbonyl (C=O) groups is 1. The summed E-state index contributed by atoms with van der Waals surface area (Å²) in [5.74, 6) is -0.465. The first kappa shape index (κ1) is 9.85. The SMILES string of the molecule is O=C(O)C(Br)C(Br)C1=COCO1. The van der Waals surface area contributed by atoms with Crippen molar-refractivity contribution in [3.63, 3.8) is 0 Å². The monoisotopic (exact) mass is 300 g/mol. The van der Waals surface area contributed by atoms with Gasteiger partial charge in [0.2, 0.25) is 6.79 Å². The molecule has 12 heavy (non-hydrogen) atoms. The molecule has 6 heteroatoms. The quantitative estimate of drug-likeness (QED) is 0.802. The highest BCUT2D eigenvalue weighted by molar-refractivity contribution is 9.12. The summed E-state index contributed by atoms with van der Waals surface area (Å²) in [6.45, 7) is 0.150. The highest BCUT2D eigenvalue weighted by Gasteiger charge is 2.29. The Labute approximate surface area is 85.8 Å². The van der Waals surface area contributed by atoms with Crippen LogP contribution in [-0.4, -0.2) is 27.5 Å². The number of allylic oxidation sites excluding steroid dienone is 1. The van der Waals surface area contributed by atoms with E-state index in [1.807, 2.05) is 0 Å². The summed E-state index contributed by atoms with van der Waals surface area (Å²) in [7, 11) is 0. The van der Waals surface area contributed by atoms with Crippen molar-refractivity contribution < 1.29 is 19.4 Å². The van der Waals surface area contributed by atoms with E-state index in [1.165, 1.54) is 6.26 Å². The molecule has 0 saturated heterocycles. The average Bonchev–Trinajstić information content (AvgIpc) is 2.53. The molecule has 0 fully saturated rings. The molecule has 0 aliphatic carbocycles. The summed E-state index contributed by atoms with van der Waals surface area (Å²) in [4.78, 5) is 9.37. The molecule has 1 aliphatic rings. The lowest BCUT2D eigenvalue weighted by molar-refractivity contribution is -0.136. The highest BCUT2D eigenvalue weighted by atomic mass is 79.9. The van der Waals surface area contributed by atoms with Gasteiger partial charge < -0.3 is 14.6 Å². The molecule has 0 aromatic heterocycles. The predicted molar refractivity (Wildman–Crippen MR) is 48.2 cm³/mol. The standard InChI is InChI=1S/C6H6Br2O4/c7-4(5(8)6(9)10)3-1-11-2-12-3/h1,4-5H,2H2,(H,9,10). The third-order valence-electron chi connectivity index (χ3n) is 1.26. The topological polar surface area (TPSA) is 55.8 Å². The Kier molecular flexibility index (Phi) is 3.39. The van der Waals surface area contributed by atoms with Gasteiger partial charge in [-0.1, -0.05) is 31.9 Å². The van der Waals surface area contributed by atoms with E-state index in [0.29, 0.717) is 5.76 Å². The van der Waals surface area contributed by atoms with Crippen molar-refractivity contribution in [3.8, 4) is 0 Å². The first-order valence-corrected chi connectivity index (χ1v) is 4.91. The van der Waals surface area contributed by atoms with E-state index in [2.05, 4.69) is 31.9 Å². The van der Waals surface area contributed by atoms with E-state index in [0.717, 1.165) is 0 Å². The van der Waals surface area contributed by atoms with Gasteiger partial charge in [0.15, 0.2) is 5.76 Å². The van der Waals surface area contributed by atoms with Gasteiger partial charge >= 0.3 is 5.97 Å². The fourth-order valence-electron chi connectivity index (χ4n) is 0.666. The molecule has 0 radical (unpaired) electrons. The summed E-state index contributed by atoms with van der Waals surface area (Å²) in [6, 6.07) is 0. The van der Waals surface area contributed by atoms with Gasteiger partial charge in [-0.25, -0.2) is 0 Å². The van der Waals surface area contributed by atoms with Crippen LogP contribution in [0.15, 0.2) is 12.0 Å². The molecule has 1 aliphatic heterocycles. The smallest absolute Gasteiger partial charge is 0.318 e. The van der Waals surface area contributed by atoms with Crippen molar-refractivity contribution in [3.05, 3.63) is 12.0 Å². The summed E-state index contributed by atoms with van der Waals surface area (Å²) in [5.41, 5.74) is 0. The lowest BCUT2D eigenvalue weighted by Crippen LogP contribution is -2.25. The number of aliphatic carboxylic acids is 1. The van der Waals surface area contributed by atoms with Crippen LogP contribution in [0.1, 0.15) is 0 Å². The Balaban J connectivity index is 2.57. The van der Waals surface area contributed by atoms with Crippen LogP contribution < -0.4 is 0 Å². The number of hydrogen-bond acceptors (Lipinski definition) is 3. The minimum absolute atomic E-state index is 0.150. The molecule has 4 nitrogen and oxygen atoms in total. The fourth-order valence-corrected chi connectivity index (χ4v) is 1.39. The van der Waals surface area contributed by atoms with Gasteiger partial charge in [0.05, 0.1) is 4.83 Å².